The fraction of sp³-hybridized carbons (Fsp3) is 0.949. The molecule has 0 bridgehead atoms. The van der Waals surface area contributed by atoms with Gasteiger partial charge in [-0.25, -0.2) is 0 Å². The molecular formula is C39H74Br2O4. The molecule has 4 nitrogen and oxygen atoms in total. The first-order valence-corrected chi connectivity index (χ1v) is 21.5. The first-order chi connectivity index (χ1) is 22.0. The Hall–Kier alpha value is -0.100. The molecule has 0 aliphatic carbocycles. The molecule has 0 fully saturated rings. The molecule has 0 aromatic carbocycles. The molecule has 0 aliphatic heterocycles. The Morgan fingerprint density at radius 3 is 0.800 bits per heavy atom. The van der Waals surface area contributed by atoms with Crippen molar-refractivity contribution in [2.24, 2.45) is 0 Å². The van der Waals surface area contributed by atoms with Crippen LogP contribution in [0.5, 0.6) is 0 Å². The van der Waals surface area contributed by atoms with Crippen LogP contribution in [0.2, 0.25) is 0 Å². The molecule has 6 heteroatoms. The minimum atomic E-state index is -0.519. The van der Waals surface area contributed by atoms with Crippen LogP contribution in [0.1, 0.15) is 226 Å². The van der Waals surface area contributed by atoms with E-state index in [0.29, 0.717) is 0 Å². The van der Waals surface area contributed by atoms with Crippen molar-refractivity contribution in [2.75, 3.05) is 0 Å². The second-order valence-electron chi connectivity index (χ2n) is 13.5. The summed E-state index contributed by atoms with van der Waals surface area (Å²) < 4.78 is 10.7. The normalized spacial score (nSPS) is 12.7. The van der Waals surface area contributed by atoms with Crippen LogP contribution in [-0.4, -0.2) is 22.0 Å². The lowest BCUT2D eigenvalue weighted by Gasteiger charge is -2.13. The van der Waals surface area contributed by atoms with E-state index in [9.17, 15) is 9.59 Å². The Labute approximate surface area is 297 Å². The van der Waals surface area contributed by atoms with E-state index in [1.54, 1.807) is 0 Å². The highest BCUT2D eigenvalue weighted by Gasteiger charge is 2.18. The number of esters is 2. The second-order valence-corrected chi connectivity index (χ2v) is 15.5. The summed E-state index contributed by atoms with van der Waals surface area (Å²) >= 11 is 6.89. The number of hydrogen-bond acceptors (Lipinski definition) is 4. The standard InChI is InChI=1S/C39H74Br2O4/c1-3-5-7-9-11-13-15-17-19-21-23-25-27-29-31-33-36(40)44-38(42)35-39(43)45-37(41)34-32-30-28-26-24-22-20-18-16-14-12-10-8-6-4-2/h36-37H,3-35H2,1-2H3. The van der Waals surface area contributed by atoms with E-state index in [-0.39, 0.29) is 16.4 Å². The van der Waals surface area contributed by atoms with Crippen molar-refractivity contribution in [3.8, 4) is 0 Å². The van der Waals surface area contributed by atoms with Gasteiger partial charge in [-0.15, -0.1) is 0 Å². The third-order valence-corrected chi connectivity index (χ3v) is 10.2. The molecule has 0 rings (SSSR count). The summed E-state index contributed by atoms with van der Waals surface area (Å²) in [4.78, 5) is 24.3. The first kappa shape index (κ1) is 44.9. The lowest BCUT2D eigenvalue weighted by atomic mass is 10.0. The smallest absolute Gasteiger partial charge is 0.318 e. The third-order valence-electron chi connectivity index (χ3n) is 8.88. The van der Waals surface area contributed by atoms with Crippen molar-refractivity contribution >= 4 is 43.8 Å². The van der Waals surface area contributed by atoms with E-state index in [0.717, 1.165) is 38.5 Å². The molecule has 0 aliphatic rings. The first-order valence-electron chi connectivity index (χ1n) is 19.7. The Balaban J connectivity index is 3.50. The van der Waals surface area contributed by atoms with Crippen molar-refractivity contribution in [1.29, 1.82) is 0 Å². The van der Waals surface area contributed by atoms with Gasteiger partial charge in [-0.1, -0.05) is 194 Å². The highest BCUT2D eigenvalue weighted by atomic mass is 79.9. The fourth-order valence-electron chi connectivity index (χ4n) is 5.96. The quantitative estimate of drug-likeness (QED) is 0.0276. The number of unbranched alkanes of at least 4 members (excludes halogenated alkanes) is 28. The van der Waals surface area contributed by atoms with E-state index in [2.05, 4.69) is 45.7 Å². The molecule has 0 heterocycles. The lowest BCUT2D eigenvalue weighted by Crippen LogP contribution is -2.20. The average molecular weight is 767 g/mol. The molecule has 0 saturated carbocycles. The zero-order valence-electron chi connectivity index (χ0n) is 29.9. The average Bonchev–Trinajstić information content (AvgIpc) is 3.00. The van der Waals surface area contributed by atoms with E-state index in [1.807, 2.05) is 0 Å². The van der Waals surface area contributed by atoms with Crippen molar-refractivity contribution in [3.05, 3.63) is 0 Å². The van der Waals surface area contributed by atoms with Gasteiger partial charge in [0, 0.05) is 0 Å². The maximum Gasteiger partial charge on any atom is 0.318 e. The molecule has 2 unspecified atom stereocenters. The van der Waals surface area contributed by atoms with Crippen LogP contribution in [0, 0.1) is 0 Å². The Morgan fingerprint density at radius 2 is 0.578 bits per heavy atom. The summed E-state index contributed by atoms with van der Waals surface area (Å²) in [5, 5.41) is -0.667. The van der Waals surface area contributed by atoms with Gasteiger partial charge in [0.05, 0.1) is 0 Å². The summed E-state index contributed by atoms with van der Waals surface area (Å²) in [6.07, 6.45) is 41.2. The molecular weight excluding hydrogens is 692 g/mol. The molecule has 0 amide bonds. The van der Waals surface area contributed by atoms with Gasteiger partial charge >= 0.3 is 11.9 Å². The summed E-state index contributed by atoms with van der Waals surface area (Å²) in [7, 11) is 0. The molecule has 2 atom stereocenters. The van der Waals surface area contributed by atoms with Crippen molar-refractivity contribution in [1.82, 2.24) is 0 Å². The second kappa shape index (κ2) is 36.7. The van der Waals surface area contributed by atoms with Crippen LogP contribution < -0.4 is 0 Å². The molecule has 0 aromatic heterocycles. The number of halogens is 2. The number of carbonyl (C=O) groups is 2. The van der Waals surface area contributed by atoms with E-state index < -0.39 is 11.9 Å². The number of alkyl halides is 2. The highest BCUT2D eigenvalue weighted by molar-refractivity contribution is 9.09. The van der Waals surface area contributed by atoms with Gasteiger partial charge in [-0.2, -0.15) is 0 Å². The van der Waals surface area contributed by atoms with Gasteiger partial charge in [-0.05, 0) is 57.5 Å². The van der Waals surface area contributed by atoms with Crippen LogP contribution in [0.25, 0.3) is 0 Å². The minimum Gasteiger partial charge on any atom is -0.450 e. The fourth-order valence-corrected chi connectivity index (χ4v) is 7.02. The monoisotopic (exact) mass is 764 g/mol. The van der Waals surface area contributed by atoms with Crippen molar-refractivity contribution < 1.29 is 19.1 Å². The lowest BCUT2D eigenvalue weighted by molar-refractivity contribution is -0.156. The van der Waals surface area contributed by atoms with Gasteiger partial charge in [0.25, 0.3) is 0 Å². The molecule has 268 valence electrons. The number of rotatable bonds is 36. The maximum atomic E-state index is 12.1. The predicted molar refractivity (Wildman–Crippen MR) is 201 cm³/mol. The maximum absolute atomic E-state index is 12.1. The Kier molecular flexibility index (Phi) is 36.6. The van der Waals surface area contributed by atoms with Crippen molar-refractivity contribution in [2.45, 2.75) is 236 Å². The SMILES string of the molecule is CCCCCCCCCCCCCCCCCC(Br)OC(=O)CC(=O)OC(Br)CCCCCCCCCCCCCCCCC. The van der Waals surface area contributed by atoms with Crippen LogP contribution >= 0.6 is 31.9 Å². The third kappa shape index (κ3) is 36.6. The van der Waals surface area contributed by atoms with Gasteiger partial charge < -0.3 is 9.47 Å². The number of hydrogen-bond donors (Lipinski definition) is 0. The summed E-state index contributed by atoms with van der Waals surface area (Å²) in [5.41, 5.74) is 0. The Morgan fingerprint density at radius 1 is 0.378 bits per heavy atom. The van der Waals surface area contributed by atoms with E-state index >= 15 is 0 Å². The Bertz CT molecular complexity index is 578. The van der Waals surface area contributed by atoms with Gasteiger partial charge in [0.1, 0.15) is 6.42 Å². The van der Waals surface area contributed by atoms with Gasteiger partial charge in [0.2, 0.25) is 0 Å². The summed E-state index contributed by atoms with van der Waals surface area (Å²) in [5.74, 6) is -1.04. The number of carbonyl (C=O) groups excluding carboxylic acids is 2. The largest absolute Gasteiger partial charge is 0.450 e. The summed E-state index contributed by atoms with van der Waals surface area (Å²) in [6.45, 7) is 4.55. The van der Waals surface area contributed by atoms with Crippen LogP contribution in [-0.2, 0) is 19.1 Å². The van der Waals surface area contributed by atoms with E-state index in [4.69, 9.17) is 9.47 Å². The van der Waals surface area contributed by atoms with Crippen LogP contribution in [0.4, 0.5) is 0 Å². The summed E-state index contributed by atoms with van der Waals surface area (Å²) in [6, 6.07) is 0. The molecule has 0 N–H and O–H groups in total. The van der Waals surface area contributed by atoms with E-state index in [1.165, 1.54) is 167 Å². The highest BCUT2D eigenvalue weighted by Crippen LogP contribution is 2.19. The van der Waals surface area contributed by atoms with Crippen LogP contribution in [0.15, 0.2) is 0 Å². The molecule has 0 aromatic rings. The van der Waals surface area contributed by atoms with Crippen LogP contribution in [0.3, 0.4) is 0 Å². The predicted octanol–water partition coefficient (Wildman–Crippen LogP) is 14.4. The van der Waals surface area contributed by atoms with Gasteiger partial charge in [0.15, 0.2) is 10.0 Å². The molecule has 0 saturated heterocycles. The number of ether oxygens (including phenoxy) is 2. The van der Waals surface area contributed by atoms with Crippen molar-refractivity contribution in [3.63, 3.8) is 0 Å². The molecule has 0 spiro atoms. The zero-order valence-corrected chi connectivity index (χ0v) is 33.1. The molecule has 45 heavy (non-hydrogen) atoms. The van der Waals surface area contributed by atoms with Gasteiger partial charge in [-0.3, -0.25) is 9.59 Å². The minimum absolute atomic E-state index is 0.331. The molecule has 0 radical (unpaired) electrons. The topological polar surface area (TPSA) is 52.6 Å². The zero-order chi connectivity index (χ0) is 33.1.